The summed E-state index contributed by atoms with van der Waals surface area (Å²) >= 11 is 3.45. The minimum Gasteiger partial charge on any atom is -0.324 e. The smallest absolute Gasteiger partial charge is 0.176 e. The fourth-order valence-corrected chi connectivity index (χ4v) is 2.12. The zero-order valence-electron chi connectivity index (χ0n) is 8.38. The Balaban J connectivity index is 3.06. The number of hydrogen-bond acceptors (Lipinski definition) is 2. The van der Waals surface area contributed by atoms with Gasteiger partial charge in [-0.3, -0.25) is 4.79 Å². The largest absolute Gasteiger partial charge is 0.324 e. The normalized spacial score (nSPS) is 10.6. The second kappa shape index (κ2) is 4.71. The Morgan fingerprint density at radius 3 is 2.57 bits per heavy atom. The highest BCUT2D eigenvalue weighted by atomic mass is 79.9. The van der Waals surface area contributed by atoms with Gasteiger partial charge >= 0.3 is 0 Å². The van der Waals surface area contributed by atoms with E-state index in [0.717, 1.165) is 4.47 Å². The van der Waals surface area contributed by atoms with Crippen molar-refractivity contribution in [1.82, 2.24) is 0 Å². The number of hydrogen-bond donors (Lipinski definition) is 1. The third-order valence-corrected chi connectivity index (χ3v) is 2.82. The van der Waals surface area contributed by atoms with Crippen LogP contribution in [0.5, 0.6) is 0 Å². The van der Waals surface area contributed by atoms with Crippen molar-refractivity contribution in [1.29, 1.82) is 0 Å². The highest BCUT2D eigenvalue weighted by molar-refractivity contribution is 9.10. The number of rotatable bonds is 3. The van der Waals surface area contributed by atoms with Crippen LogP contribution in [0.4, 0.5) is 0 Å². The van der Waals surface area contributed by atoms with E-state index >= 15 is 0 Å². The van der Waals surface area contributed by atoms with Gasteiger partial charge in [0, 0.05) is 10.0 Å². The van der Waals surface area contributed by atoms with E-state index < -0.39 is 0 Å². The van der Waals surface area contributed by atoms with Crippen LogP contribution in [-0.2, 0) is 0 Å². The van der Waals surface area contributed by atoms with Crippen molar-refractivity contribution in [2.45, 2.75) is 19.8 Å². The standard InChI is InChI=1S/C11H14BrNO/c1-7(2)9-4-3-8(5-10(9)12)11(14)6-13/h3-5,7H,6,13H2,1-2H3. The molecule has 0 aliphatic carbocycles. The van der Waals surface area contributed by atoms with E-state index in [2.05, 4.69) is 29.8 Å². The molecule has 0 bridgehead atoms. The van der Waals surface area contributed by atoms with E-state index in [0.29, 0.717) is 11.5 Å². The number of nitrogens with two attached hydrogens (primary N) is 1. The Kier molecular flexibility index (Phi) is 3.84. The lowest BCUT2D eigenvalue weighted by atomic mass is 10.0. The lowest BCUT2D eigenvalue weighted by molar-refractivity contribution is 0.100. The summed E-state index contributed by atoms with van der Waals surface area (Å²) in [4.78, 5) is 11.3. The van der Waals surface area contributed by atoms with Crippen LogP contribution in [0.1, 0.15) is 35.7 Å². The van der Waals surface area contributed by atoms with Gasteiger partial charge in [-0.1, -0.05) is 41.9 Å². The van der Waals surface area contributed by atoms with Crippen molar-refractivity contribution >= 4 is 21.7 Å². The van der Waals surface area contributed by atoms with Gasteiger partial charge in [0.15, 0.2) is 5.78 Å². The van der Waals surface area contributed by atoms with Gasteiger partial charge in [0.05, 0.1) is 6.54 Å². The van der Waals surface area contributed by atoms with Gasteiger partial charge in [0.2, 0.25) is 0 Å². The molecule has 0 heterocycles. The van der Waals surface area contributed by atoms with Crippen LogP contribution in [0.2, 0.25) is 0 Å². The first-order valence-electron chi connectivity index (χ1n) is 4.59. The van der Waals surface area contributed by atoms with E-state index in [4.69, 9.17) is 5.73 Å². The minimum absolute atomic E-state index is 0.0268. The summed E-state index contributed by atoms with van der Waals surface area (Å²) in [5, 5.41) is 0. The Morgan fingerprint density at radius 2 is 2.14 bits per heavy atom. The average molecular weight is 256 g/mol. The highest BCUT2D eigenvalue weighted by Gasteiger charge is 2.08. The summed E-state index contributed by atoms with van der Waals surface area (Å²) < 4.78 is 0.979. The molecule has 0 saturated heterocycles. The highest BCUT2D eigenvalue weighted by Crippen LogP contribution is 2.25. The summed E-state index contributed by atoms with van der Waals surface area (Å²) in [5.41, 5.74) is 7.16. The van der Waals surface area contributed by atoms with Crippen LogP contribution in [-0.4, -0.2) is 12.3 Å². The van der Waals surface area contributed by atoms with Crippen molar-refractivity contribution < 1.29 is 4.79 Å². The second-order valence-electron chi connectivity index (χ2n) is 3.52. The number of carbonyl (C=O) groups is 1. The van der Waals surface area contributed by atoms with E-state index in [1.54, 1.807) is 0 Å². The molecule has 0 spiro atoms. The molecule has 1 aromatic carbocycles. The number of carbonyl (C=O) groups excluding carboxylic acids is 1. The van der Waals surface area contributed by atoms with Gasteiger partial charge in [0.1, 0.15) is 0 Å². The molecule has 0 saturated carbocycles. The number of benzene rings is 1. The lowest BCUT2D eigenvalue weighted by Gasteiger charge is -2.09. The third-order valence-electron chi connectivity index (χ3n) is 2.13. The molecule has 2 nitrogen and oxygen atoms in total. The van der Waals surface area contributed by atoms with Crippen molar-refractivity contribution in [3.05, 3.63) is 33.8 Å². The van der Waals surface area contributed by atoms with Crippen LogP contribution in [0.15, 0.2) is 22.7 Å². The molecule has 0 unspecified atom stereocenters. The topological polar surface area (TPSA) is 43.1 Å². The molecule has 0 radical (unpaired) electrons. The van der Waals surface area contributed by atoms with Gasteiger partial charge in [-0.2, -0.15) is 0 Å². The number of halogens is 1. The van der Waals surface area contributed by atoms with E-state index in [9.17, 15) is 4.79 Å². The van der Waals surface area contributed by atoms with Gasteiger partial charge in [0.25, 0.3) is 0 Å². The van der Waals surface area contributed by atoms with Crippen molar-refractivity contribution in [2.24, 2.45) is 5.73 Å². The van der Waals surface area contributed by atoms with Crippen LogP contribution in [0.25, 0.3) is 0 Å². The lowest BCUT2D eigenvalue weighted by Crippen LogP contribution is -2.13. The van der Waals surface area contributed by atoms with Gasteiger partial charge in [-0.05, 0) is 17.5 Å². The fraction of sp³-hybridized carbons (Fsp3) is 0.364. The maximum atomic E-state index is 11.3. The summed E-state index contributed by atoms with van der Waals surface area (Å²) in [6.07, 6.45) is 0. The maximum Gasteiger partial charge on any atom is 0.176 e. The van der Waals surface area contributed by atoms with E-state index in [1.807, 2.05) is 18.2 Å². The number of ketones is 1. The predicted molar refractivity (Wildman–Crippen MR) is 61.6 cm³/mol. The predicted octanol–water partition coefficient (Wildman–Crippen LogP) is 2.71. The molecule has 3 heteroatoms. The molecule has 0 aromatic heterocycles. The fourth-order valence-electron chi connectivity index (χ4n) is 1.29. The summed E-state index contributed by atoms with van der Waals surface area (Å²) in [6.45, 7) is 4.29. The molecule has 14 heavy (non-hydrogen) atoms. The molecule has 0 aliphatic heterocycles. The molecule has 1 aromatic rings. The van der Waals surface area contributed by atoms with Gasteiger partial charge in [-0.15, -0.1) is 0 Å². The first-order valence-corrected chi connectivity index (χ1v) is 5.38. The van der Waals surface area contributed by atoms with E-state index in [-0.39, 0.29) is 12.3 Å². The van der Waals surface area contributed by atoms with Crippen LogP contribution < -0.4 is 5.73 Å². The molecular weight excluding hydrogens is 242 g/mol. The Hall–Kier alpha value is -0.670. The Labute approximate surface area is 92.6 Å². The van der Waals surface area contributed by atoms with Gasteiger partial charge in [-0.25, -0.2) is 0 Å². The van der Waals surface area contributed by atoms with Crippen LogP contribution in [0.3, 0.4) is 0 Å². The first kappa shape index (κ1) is 11.4. The monoisotopic (exact) mass is 255 g/mol. The quantitative estimate of drug-likeness (QED) is 0.845. The number of Topliss-reactive ketones (excluding diaryl/α,β-unsaturated/α-hetero) is 1. The third kappa shape index (κ3) is 2.42. The Bertz CT molecular complexity index is 347. The van der Waals surface area contributed by atoms with Crippen LogP contribution >= 0.6 is 15.9 Å². The zero-order chi connectivity index (χ0) is 10.7. The Morgan fingerprint density at radius 1 is 1.50 bits per heavy atom. The minimum atomic E-state index is -0.0268. The summed E-state index contributed by atoms with van der Waals surface area (Å²) in [5.74, 6) is 0.424. The second-order valence-corrected chi connectivity index (χ2v) is 4.37. The molecule has 0 fully saturated rings. The van der Waals surface area contributed by atoms with Crippen molar-refractivity contribution in [3.8, 4) is 0 Å². The molecule has 1 rings (SSSR count). The molecule has 0 atom stereocenters. The summed E-state index contributed by atoms with van der Waals surface area (Å²) in [6, 6.07) is 5.64. The van der Waals surface area contributed by atoms with Crippen LogP contribution in [0, 0.1) is 0 Å². The molecule has 0 amide bonds. The average Bonchev–Trinajstić information content (AvgIpc) is 2.15. The summed E-state index contributed by atoms with van der Waals surface area (Å²) in [7, 11) is 0. The molecule has 76 valence electrons. The van der Waals surface area contributed by atoms with Gasteiger partial charge < -0.3 is 5.73 Å². The van der Waals surface area contributed by atoms with E-state index in [1.165, 1.54) is 5.56 Å². The molecule has 2 N–H and O–H groups in total. The van der Waals surface area contributed by atoms with Crippen molar-refractivity contribution in [3.63, 3.8) is 0 Å². The molecular formula is C11H14BrNO. The first-order chi connectivity index (χ1) is 6.56. The SMILES string of the molecule is CC(C)c1ccc(C(=O)CN)cc1Br. The maximum absolute atomic E-state index is 11.3. The molecule has 0 aliphatic rings. The zero-order valence-corrected chi connectivity index (χ0v) is 9.97. The van der Waals surface area contributed by atoms with Crippen molar-refractivity contribution in [2.75, 3.05) is 6.54 Å².